The van der Waals surface area contributed by atoms with Gasteiger partial charge in [-0.2, -0.15) is 0 Å². The molecule has 0 spiro atoms. The quantitative estimate of drug-likeness (QED) is 0.562. The number of hydrogen-bond acceptors (Lipinski definition) is 5. The van der Waals surface area contributed by atoms with Gasteiger partial charge in [-0.3, -0.25) is 0 Å². The van der Waals surface area contributed by atoms with E-state index in [4.69, 9.17) is 14.2 Å². The Morgan fingerprint density at radius 1 is 0.960 bits per heavy atom. The van der Waals surface area contributed by atoms with Crippen LogP contribution in [0.3, 0.4) is 0 Å². The van der Waals surface area contributed by atoms with Crippen molar-refractivity contribution in [1.82, 2.24) is 0 Å². The summed E-state index contributed by atoms with van der Waals surface area (Å²) in [5, 5.41) is -0.430. The molecule has 2 aromatic carbocycles. The summed E-state index contributed by atoms with van der Waals surface area (Å²) in [7, 11) is 0. The minimum absolute atomic E-state index is 0.106. The molecule has 0 radical (unpaired) electrons. The van der Waals surface area contributed by atoms with Crippen LogP contribution in [0.15, 0.2) is 60.7 Å². The lowest BCUT2D eigenvalue weighted by atomic mass is 10.2. The summed E-state index contributed by atoms with van der Waals surface area (Å²) in [5.74, 6) is -0.805. The van der Waals surface area contributed by atoms with E-state index < -0.39 is 23.1 Å². The molecular weight excluding hydrogens is 388 g/mol. The third-order valence-electron chi connectivity index (χ3n) is 3.79. The number of carbonyl (C=O) groups excluding carboxylic acids is 2. The maximum Gasteiger partial charge on any atom is 0.338 e. The Bertz CT molecular complexity index is 719. The number of halogens is 1. The van der Waals surface area contributed by atoms with E-state index in [1.165, 1.54) is 0 Å². The van der Waals surface area contributed by atoms with Crippen LogP contribution >= 0.6 is 15.9 Å². The number of esters is 2. The number of carbonyl (C=O) groups is 2. The van der Waals surface area contributed by atoms with Gasteiger partial charge in [0.2, 0.25) is 0 Å². The van der Waals surface area contributed by atoms with E-state index in [0.29, 0.717) is 17.5 Å². The highest BCUT2D eigenvalue weighted by Crippen LogP contribution is 2.28. The molecule has 25 heavy (non-hydrogen) atoms. The molecule has 1 aliphatic rings. The highest BCUT2D eigenvalue weighted by atomic mass is 79.9. The van der Waals surface area contributed by atoms with Crippen LogP contribution in [0, 0.1) is 0 Å². The van der Waals surface area contributed by atoms with Crippen molar-refractivity contribution in [2.45, 2.75) is 23.6 Å². The van der Waals surface area contributed by atoms with Crippen molar-refractivity contribution >= 4 is 27.9 Å². The zero-order chi connectivity index (χ0) is 17.6. The van der Waals surface area contributed by atoms with Gasteiger partial charge in [0.1, 0.15) is 17.7 Å². The third kappa shape index (κ3) is 4.67. The summed E-state index contributed by atoms with van der Waals surface area (Å²) in [6.45, 7) is 0.106. The summed E-state index contributed by atoms with van der Waals surface area (Å²) in [5.41, 5.74) is 0.976. The minimum Gasteiger partial charge on any atom is -0.459 e. The fourth-order valence-corrected chi connectivity index (χ4v) is 3.14. The standard InChI is InChI=1S/C19H17BrO5/c20-17-16(25-19(22)14-9-5-2-6-10-14)11-15(24-17)12-23-18(21)13-7-3-1-4-8-13/h1-10,15-17H,11-12H2/t15-,16+,17-/m0/s1. The number of benzene rings is 2. The summed E-state index contributed by atoms with van der Waals surface area (Å²) >= 11 is 3.36. The van der Waals surface area contributed by atoms with E-state index in [2.05, 4.69) is 15.9 Å². The van der Waals surface area contributed by atoms with Crippen LogP contribution in [0.25, 0.3) is 0 Å². The molecule has 130 valence electrons. The highest BCUT2D eigenvalue weighted by Gasteiger charge is 2.37. The zero-order valence-electron chi connectivity index (χ0n) is 13.3. The Hall–Kier alpha value is -2.18. The Kier molecular flexibility index (Phi) is 5.83. The molecule has 2 aromatic rings. The summed E-state index contributed by atoms with van der Waals surface area (Å²) in [6.07, 6.45) is -0.310. The van der Waals surface area contributed by atoms with E-state index in [-0.39, 0.29) is 12.7 Å². The molecule has 0 aliphatic carbocycles. The van der Waals surface area contributed by atoms with Crippen LogP contribution in [-0.4, -0.2) is 35.8 Å². The average Bonchev–Trinajstić information content (AvgIpc) is 3.00. The van der Waals surface area contributed by atoms with E-state index >= 15 is 0 Å². The lowest BCUT2D eigenvalue weighted by Gasteiger charge is -2.13. The Balaban J connectivity index is 1.50. The molecule has 0 aromatic heterocycles. The van der Waals surface area contributed by atoms with Crippen LogP contribution in [-0.2, 0) is 14.2 Å². The van der Waals surface area contributed by atoms with Crippen LogP contribution in [0.1, 0.15) is 27.1 Å². The van der Waals surface area contributed by atoms with Crippen LogP contribution in [0.5, 0.6) is 0 Å². The molecule has 1 fully saturated rings. The molecule has 0 unspecified atom stereocenters. The molecule has 0 N–H and O–H groups in total. The van der Waals surface area contributed by atoms with E-state index in [1.54, 1.807) is 48.5 Å². The van der Waals surface area contributed by atoms with Crippen molar-refractivity contribution in [3.05, 3.63) is 71.8 Å². The second kappa shape index (κ2) is 8.27. The molecule has 3 atom stereocenters. The largest absolute Gasteiger partial charge is 0.459 e. The molecule has 6 heteroatoms. The van der Waals surface area contributed by atoms with Crippen LogP contribution in [0.2, 0.25) is 0 Å². The summed E-state index contributed by atoms with van der Waals surface area (Å²) in [4.78, 5) is 24.1. The van der Waals surface area contributed by atoms with Gasteiger partial charge < -0.3 is 14.2 Å². The Morgan fingerprint density at radius 3 is 2.12 bits per heavy atom. The van der Waals surface area contributed by atoms with Gasteiger partial charge in [0, 0.05) is 6.42 Å². The van der Waals surface area contributed by atoms with Gasteiger partial charge in [-0.15, -0.1) is 0 Å². The van der Waals surface area contributed by atoms with Crippen molar-refractivity contribution in [2.24, 2.45) is 0 Å². The van der Waals surface area contributed by atoms with Crippen molar-refractivity contribution in [3.63, 3.8) is 0 Å². The smallest absolute Gasteiger partial charge is 0.338 e. The predicted molar refractivity (Wildman–Crippen MR) is 94.6 cm³/mol. The molecular formula is C19H17BrO5. The lowest BCUT2D eigenvalue weighted by Crippen LogP contribution is -2.23. The fraction of sp³-hybridized carbons (Fsp3) is 0.263. The highest BCUT2D eigenvalue weighted by molar-refractivity contribution is 9.09. The zero-order valence-corrected chi connectivity index (χ0v) is 14.9. The van der Waals surface area contributed by atoms with Gasteiger partial charge in [0.05, 0.1) is 17.2 Å². The van der Waals surface area contributed by atoms with Crippen molar-refractivity contribution in [1.29, 1.82) is 0 Å². The molecule has 5 nitrogen and oxygen atoms in total. The van der Waals surface area contributed by atoms with Gasteiger partial charge in [-0.05, 0) is 24.3 Å². The fourth-order valence-electron chi connectivity index (χ4n) is 2.51. The first kappa shape index (κ1) is 17.6. The molecule has 0 saturated carbocycles. The van der Waals surface area contributed by atoms with Gasteiger partial charge in [0.15, 0.2) is 0 Å². The SMILES string of the molecule is O=C(OC[C@@H]1C[C@@H](OC(=O)c2ccccc2)[C@@H](Br)O1)c1ccccc1. The first-order chi connectivity index (χ1) is 12.1. The predicted octanol–water partition coefficient (Wildman–Crippen LogP) is 3.58. The maximum atomic E-state index is 12.1. The topological polar surface area (TPSA) is 61.8 Å². The van der Waals surface area contributed by atoms with E-state index in [0.717, 1.165) is 0 Å². The molecule has 0 amide bonds. The second-order valence-corrected chi connectivity index (χ2v) is 6.52. The van der Waals surface area contributed by atoms with Crippen molar-refractivity contribution < 1.29 is 23.8 Å². The Labute approximate surface area is 154 Å². The van der Waals surface area contributed by atoms with Crippen molar-refractivity contribution in [2.75, 3.05) is 6.61 Å². The van der Waals surface area contributed by atoms with Crippen LogP contribution < -0.4 is 0 Å². The third-order valence-corrected chi connectivity index (χ3v) is 4.59. The number of alkyl halides is 1. The molecule has 1 saturated heterocycles. The number of rotatable bonds is 5. The summed E-state index contributed by atoms with van der Waals surface area (Å²) in [6, 6.07) is 17.5. The normalized spacial score (nSPS) is 22.4. The molecule has 1 aliphatic heterocycles. The van der Waals surface area contributed by atoms with E-state index in [9.17, 15) is 9.59 Å². The van der Waals surface area contributed by atoms with Crippen molar-refractivity contribution in [3.8, 4) is 0 Å². The summed E-state index contributed by atoms with van der Waals surface area (Å²) < 4.78 is 16.4. The molecule has 1 heterocycles. The van der Waals surface area contributed by atoms with Gasteiger partial charge in [-0.1, -0.05) is 52.3 Å². The van der Waals surface area contributed by atoms with Gasteiger partial charge in [-0.25, -0.2) is 9.59 Å². The van der Waals surface area contributed by atoms with Gasteiger partial charge >= 0.3 is 11.9 Å². The molecule has 0 bridgehead atoms. The maximum absolute atomic E-state index is 12.1. The number of hydrogen-bond donors (Lipinski definition) is 0. The average molecular weight is 405 g/mol. The Morgan fingerprint density at radius 2 is 1.52 bits per heavy atom. The van der Waals surface area contributed by atoms with E-state index in [1.807, 2.05) is 12.1 Å². The molecule has 3 rings (SSSR count). The first-order valence-corrected chi connectivity index (χ1v) is 8.83. The second-order valence-electron chi connectivity index (χ2n) is 5.62. The minimum atomic E-state index is -0.437. The monoisotopic (exact) mass is 404 g/mol. The lowest BCUT2D eigenvalue weighted by molar-refractivity contribution is 0.00408. The van der Waals surface area contributed by atoms with Gasteiger partial charge in [0.25, 0.3) is 0 Å². The first-order valence-electron chi connectivity index (χ1n) is 7.91. The number of ether oxygens (including phenoxy) is 3. The van der Waals surface area contributed by atoms with Crippen LogP contribution in [0.4, 0.5) is 0 Å².